The number of carbonyl (C=O) groups is 1. The van der Waals surface area contributed by atoms with Crippen LogP contribution in [-0.2, 0) is 4.79 Å². The number of hydrogen-bond donors (Lipinski definition) is 1. The monoisotopic (exact) mass is 244 g/mol. The molecule has 0 aliphatic heterocycles. The van der Waals surface area contributed by atoms with E-state index in [0.717, 1.165) is 10.8 Å². The minimum atomic E-state index is -0.111. The zero-order valence-electron chi connectivity index (χ0n) is 9.24. The number of hydrogen-bond acceptors (Lipinski definition) is 4. The Hall–Kier alpha value is -0.550. The van der Waals surface area contributed by atoms with Gasteiger partial charge in [-0.2, -0.15) is 0 Å². The lowest BCUT2D eigenvalue weighted by molar-refractivity contribution is -0.120. The summed E-state index contributed by atoms with van der Waals surface area (Å²) in [6, 6.07) is 0. The van der Waals surface area contributed by atoms with Crippen LogP contribution < -0.4 is 5.32 Å². The van der Waals surface area contributed by atoms with Crippen LogP contribution in [0.1, 0.15) is 27.2 Å². The molecule has 0 saturated heterocycles. The summed E-state index contributed by atoms with van der Waals surface area (Å²) < 4.78 is 0.944. The maximum absolute atomic E-state index is 11.6. The Balaban J connectivity index is 2.31. The summed E-state index contributed by atoms with van der Waals surface area (Å²) in [5.41, 5.74) is -0.111. The van der Waals surface area contributed by atoms with Gasteiger partial charge in [0.05, 0.1) is 5.75 Å². The SMILES string of the molecule is CCC(C)(C)NC(=O)CSc1nccs1. The van der Waals surface area contributed by atoms with Crippen LogP contribution in [0.4, 0.5) is 0 Å². The predicted molar refractivity (Wildman–Crippen MR) is 65.4 cm³/mol. The lowest BCUT2D eigenvalue weighted by atomic mass is 10.0. The molecule has 0 spiro atoms. The molecule has 0 radical (unpaired) electrons. The van der Waals surface area contributed by atoms with Crippen molar-refractivity contribution in [3.8, 4) is 0 Å². The lowest BCUT2D eigenvalue weighted by Gasteiger charge is -2.24. The second kappa shape index (κ2) is 5.51. The fourth-order valence-corrected chi connectivity index (χ4v) is 2.35. The Morgan fingerprint density at radius 1 is 1.67 bits per heavy atom. The van der Waals surface area contributed by atoms with Crippen molar-refractivity contribution in [2.45, 2.75) is 37.1 Å². The van der Waals surface area contributed by atoms with Crippen LogP contribution in [0, 0.1) is 0 Å². The molecular formula is C10H16N2OS2. The van der Waals surface area contributed by atoms with E-state index in [4.69, 9.17) is 0 Å². The molecule has 5 heteroatoms. The van der Waals surface area contributed by atoms with E-state index in [-0.39, 0.29) is 11.4 Å². The minimum Gasteiger partial charge on any atom is -0.351 e. The minimum absolute atomic E-state index is 0.0713. The Labute approximate surface area is 98.7 Å². The van der Waals surface area contributed by atoms with Gasteiger partial charge >= 0.3 is 0 Å². The van der Waals surface area contributed by atoms with E-state index in [1.54, 1.807) is 17.5 Å². The smallest absolute Gasteiger partial charge is 0.230 e. The number of rotatable bonds is 5. The Kier molecular flexibility index (Phi) is 4.60. The third kappa shape index (κ3) is 4.66. The van der Waals surface area contributed by atoms with Crippen LogP contribution in [0.5, 0.6) is 0 Å². The average molecular weight is 244 g/mol. The molecule has 0 atom stereocenters. The van der Waals surface area contributed by atoms with E-state index < -0.39 is 0 Å². The van der Waals surface area contributed by atoms with Gasteiger partial charge in [0, 0.05) is 17.1 Å². The van der Waals surface area contributed by atoms with Gasteiger partial charge in [-0.15, -0.1) is 11.3 Å². The maximum atomic E-state index is 11.6. The second-order valence-electron chi connectivity index (χ2n) is 3.87. The lowest BCUT2D eigenvalue weighted by Crippen LogP contribution is -2.43. The highest BCUT2D eigenvalue weighted by atomic mass is 32.2. The number of nitrogens with one attached hydrogen (secondary N) is 1. The molecule has 15 heavy (non-hydrogen) atoms. The highest BCUT2D eigenvalue weighted by Crippen LogP contribution is 2.20. The molecule has 0 fully saturated rings. The number of aromatic nitrogens is 1. The first kappa shape index (κ1) is 12.5. The van der Waals surface area contributed by atoms with Crippen molar-refractivity contribution in [3.05, 3.63) is 11.6 Å². The van der Waals surface area contributed by atoms with Gasteiger partial charge in [-0.05, 0) is 20.3 Å². The van der Waals surface area contributed by atoms with E-state index in [0.29, 0.717) is 5.75 Å². The van der Waals surface area contributed by atoms with Crippen molar-refractivity contribution in [3.63, 3.8) is 0 Å². The Morgan fingerprint density at radius 3 is 2.93 bits per heavy atom. The molecule has 0 saturated carbocycles. The van der Waals surface area contributed by atoms with Gasteiger partial charge in [-0.3, -0.25) is 4.79 Å². The molecule has 0 aromatic carbocycles. The third-order valence-corrected chi connectivity index (χ3v) is 4.06. The zero-order chi connectivity index (χ0) is 11.3. The quantitative estimate of drug-likeness (QED) is 0.809. The van der Waals surface area contributed by atoms with Crippen molar-refractivity contribution in [1.82, 2.24) is 10.3 Å². The fraction of sp³-hybridized carbons (Fsp3) is 0.600. The summed E-state index contributed by atoms with van der Waals surface area (Å²) >= 11 is 3.04. The van der Waals surface area contributed by atoms with E-state index in [1.165, 1.54) is 11.8 Å². The van der Waals surface area contributed by atoms with Crippen molar-refractivity contribution < 1.29 is 4.79 Å². The molecule has 1 aromatic heterocycles. The van der Waals surface area contributed by atoms with Gasteiger partial charge in [0.15, 0.2) is 0 Å². The zero-order valence-corrected chi connectivity index (χ0v) is 10.9. The van der Waals surface area contributed by atoms with Gasteiger partial charge in [0.1, 0.15) is 4.34 Å². The number of thiazole rings is 1. The van der Waals surface area contributed by atoms with E-state index in [2.05, 4.69) is 17.2 Å². The molecule has 0 bridgehead atoms. The predicted octanol–water partition coefficient (Wildman–Crippen LogP) is 2.54. The topological polar surface area (TPSA) is 42.0 Å². The molecule has 1 amide bonds. The van der Waals surface area contributed by atoms with Crippen LogP contribution in [0.15, 0.2) is 15.9 Å². The number of thioether (sulfide) groups is 1. The molecule has 0 unspecified atom stereocenters. The molecule has 0 aliphatic rings. The van der Waals surface area contributed by atoms with E-state index >= 15 is 0 Å². The summed E-state index contributed by atoms with van der Waals surface area (Å²) in [7, 11) is 0. The van der Waals surface area contributed by atoms with Gasteiger partial charge in [-0.25, -0.2) is 4.98 Å². The van der Waals surface area contributed by atoms with Crippen molar-refractivity contribution in [2.75, 3.05) is 5.75 Å². The second-order valence-corrected chi connectivity index (χ2v) is 5.99. The van der Waals surface area contributed by atoms with Crippen molar-refractivity contribution in [1.29, 1.82) is 0 Å². The van der Waals surface area contributed by atoms with Crippen LogP contribution in [0.25, 0.3) is 0 Å². The van der Waals surface area contributed by atoms with Crippen molar-refractivity contribution in [2.24, 2.45) is 0 Å². The van der Waals surface area contributed by atoms with Crippen LogP contribution in [0.2, 0.25) is 0 Å². The number of amides is 1. The highest BCUT2D eigenvalue weighted by Gasteiger charge is 2.17. The molecule has 1 N–H and O–H groups in total. The molecule has 84 valence electrons. The number of carbonyl (C=O) groups excluding carboxylic acids is 1. The highest BCUT2D eigenvalue weighted by molar-refractivity contribution is 8.01. The van der Waals surface area contributed by atoms with Gasteiger partial charge in [0.2, 0.25) is 5.91 Å². The molecule has 1 aromatic rings. The van der Waals surface area contributed by atoms with Gasteiger partial charge in [-0.1, -0.05) is 18.7 Å². The molecule has 3 nitrogen and oxygen atoms in total. The van der Waals surface area contributed by atoms with Crippen molar-refractivity contribution >= 4 is 29.0 Å². The summed E-state index contributed by atoms with van der Waals surface area (Å²) in [4.78, 5) is 15.7. The summed E-state index contributed by atoms with van der Waals surface area (Å²) in [6.07, 6.45) is 2.68. The summed E-state index contributed by atoms with van der Waals surface area (Å²) in [5, 5.41) is 4.90. The number of nitrogens with zero attached hydrogens (tertiary/aromatic N) is 1. The first-order valence-electron chi connectivity index (χ1n) is 4.87. The molecule has 0 aliphatic carbocycles. The van der Waals surface area contributed by atoms with Gasteiger partial charge in [0.25, 0.3) is 0 Å². The molecular weight excluding hydrogens is 228 g/mol. The molecule has 1 rings (SSSR count). The third-order valence-electron chi connectivity index (χ3n) is 2.10. The Morgan fingerprint density at radius 2 is 2.40 bits per heavy atom. The largest absolute Gasteiger partial charge is 0.351 e. The Bertz CT molecular complexity index is 309. The molecule has 1 heterocycles. The van der Waals surface area contributed by atoms with Crippen LogP contribution in [-0.4, -0.2) is 22.2 Å². The standard InChI is InChI=1S/C10H16N2OS2/c1-4-10(2,3)12-8(13)7-15-9-11-5-6-14-9/h5-6H,4,7H2,1-3H3,(H,12,13). The van der Waals surface area contributed by atoms with E-state index in [1.807, 2.05) is 19.2 Å². The van der Waals surface area contributed by atoms with Crippen LogP contribution >= 0.6 is 23.1 Å². The maximum Gasteiger partial charge on any atom is 0.230 e. The average Bonchev–Trinajstić information content (AvgIpc) is 2.66. The summed E-state index contributed by atoms with van der Waals surface area (Å²) in [6.45, 7) is 6.12. The normalized spacial score (nSPS) is 11.4. The first-order chi connectivity index (χ1) is 7.03. The summed E-state index contributed by atoms with van der Waals surface area (Å²) in [5.74, 6) is 0.513. The first-order valence-corrected chi connectivity index (χ1v) is 6.73. The fourth-order valence-electron chi connectivity index (χ4n) is 0.911. The van der Waals surface area contributed by atoms with Crippen LogP contribution in [0.3, 0.4) is 0 Å². The van der Waals surface area contributed by atoms with E-state index in [9.17, 15) is 4.79 Å². The van der Waals surface area contributed by atoms with Gasteiger partial charge < -0.3 is 5.32 Å².